The quantitative estimate of drug-likeness (QED) is 0.166. The van der Waals surface area contributed by atoms with E-state index in [1.807, 2.05) is 17.4 Å². The first-order chi connectivity index (χ1) is 32.2. The molecule has 0 radical (unpaired) electrons. The number of para-hydroxylation sites is 1. The molecule has 14 aromatic rings. The summed E-state index contributed by atoms with van der Waals surface area (Å²) in [5.74, 6) is 0. The second kappa shape index (κ2) is 14.1. The maximum atomic E-state index is 5.31. The van der Waals surface area contributed by atoms with Crippen LogP contribution in [0.1, 0.15) is 0 Å². The number of thiophene rings is 1. The molecule has 0 aliphatic rings. The summed E-state index contributed by atoms with van der Waals surface area (Å²) in [7, 11) is 0. The van der Waals surface area contributed by atoms with Gasteiger partial charge < -0.3 is 0 Å². The van der Waals surface area contributed by atoms with Gasteiger partial charge in [-0.25, -0.2) is 15.0 Å². The van der Waals surface area contributed by atoms with E-state index >= 15 is 0 Å². The van der Waals surface area contributed by atoms with Crippen molar-refractivity contribution in [1.82, 2.24) is 15.0 Å². The Morgan fingerprint density at radius 3 is 1.52 bits per heavy atom. The molecule has 14 rings (SSSR count). The lowest BCUT2D eigenvalue weighted by Crippen LogP contribution is -1.91. The lowest BCUT2D eigenvalue weighted by molar-refractivity contribution is 1.37. The first-order valence-corrected chi connectivity index (χ1v) is 22.9. The summed E-state index contributed by atoms with van der Waals surface area (Å²) >= 11 is 1.88. The molecule has 0 bridgehead atoms. The fraction of sp³-hybridized carbons (Fsp3) is 0. The first kappa shape index (κ1) is 36.2. The third kappa shape index (κ3) is 5.64. The van der Waals surface area contributed by atoms with Crippen LogP contribution in [0, 0.1) is 0 Å². The second-order valence-corrected chi connectivity index (χ2v) is 18.1. The Labute approximate surface area is 377 Å². The van der Waals surface area contributed by atoms with Crippen LogP contribution in [0.15, 0.2) is 212 Å². The van der Waals surface area contributed by atoms with Crippen molar-refractivity contribution >= 4 is 107 Å². The molecular formula is C61H35N3S. The van der Waals surface area contributed by atoms with E-state index in [1.54, 1.807) is 0 Å². The molecule has 0 aliphatic heterocycles. The topological polar surface area (TPSA) is 38.7 Å². The summed E-state index contributed by atoms with van der Waals surface area (Å²) in [6.45, 7) is 0. The number of hydrogen-bond donors (Lipinski definition) is 0. The zero-order valence-electron chi connectivity index (χ0n) is 35.0. The molecule has 0 amide bonds. The smallest absolute Gasteiger partial charge is 0.0972 e. The van der Waals surface area contributed by atoms with Gasteiger partial charge in [0.2, 0.25) is 0 Å². The molecule has 10 aromatic carbocycles. The van der Waals surface area contributed by atoms with E-state index in [4.69, 9.17) is 15.0 Å². The highest BCUT2D eigenvalue weighted by atomic mass is 32.1. The van der Waals surface area contributed by atoms with E-state index < -0.39 is 0 Å². The predicted molar refractivity (Wildman–Crippen MR) is 277 cm³/mol. The molecule has 4 heteroatoms. The van der Waals surface area contributed by atoms with Gasteiger partial charge in [-0.1, -0.05) is 176 Å². The Balaban J connectivity index is 0.866. The molecule has 0 saturated heterocycles. The van der Waals surface area contributed by atoms with E-state index in [2.05, 4.69) is 206 Å². The highest BCUT2D eigenvalue weighted by Gasteiger charge is 2.18. The van der Waals surface area contributed by atoms with Gasteiger partial charge >= 0.3 is 0 Å². The van der Waals surface area contributed by atoms with Crippen molar-refractivity contribution in [2.45, 2.75) is 0 Å². The maximum Gasteiger partial charge on any atom is 0.0972 e. The van der Waals surface area contributed by atoms with Crippen molar-refractivity contribution in [3.05, 3.63) is 212 Å². The summed E-state index contributed by atoms with van der Waals surface area (Å²) < 4.78 is 2.63. The van der Waals surface area contributed by atoms with E-state index in [0.717, 1.165) is 61.1 Å². The van der Waals surface area contributed by atoms with Gasteiger partial charge in [0.25, 0.3) is 0 Å². The minimum Gasteiger partial charge on any atom is -0.247 e. The molecule has 0 unspecified atom stereocenters. The second-order valence-electron chi connectivity index (χ2n) is 17.1. The van der Waals surface area contributed by atoms with Crippen LogP contribution < -0.4 is 0 Å². The first-order valence-electron chi connectivity index (χ1n) is 22.1. The Hall–Kier alpha value is -8.31. The van der Waals surface area contributed by atoms with Gasteiger partial charge in [0.15, 0.2) is 0 Å². The molecule has 3 nitrogen and oxygen atoms in total. The van der Waals surface area contributed by atoms with Crippen LogP contribution >= 0.6 is 11.3 Å². The average Bonchev–Trinajstić information content (AvgIpc) is 3.77. The monoisotopic (exact) mass is 841 g/mol. The van der Waals surface area contributed by atoms with Crippen molar-refractivity contribution in [2.24, 2.45) is 0 Å². The van der Waals surface area contributed by atoms with Crippen LogP contribution in [-0.4, -0.2) is 15.0 Å². The van der Waals surface area contributed by atoms with Crippen LogP contribution in [0.3, 0.4) is 0 Å². The normalized spacial score (nSPS) is 12.0. The molecule has 0 spiro atoms. The molecule has 0 N–H and O–H groups in total. The largest absolute Gasteiger partial charge is 0.247 e. The molecule has 0 aliphatic carbocycles. The minimum atomic E-state index is 0.914. The minimum absolute atomic E-state index is 0.914. The lowest BCUT2D eigenvalue weighted by atomic mass is 9.90. The number of benzene rings is 10. The fourth-order valence-corrected chi connectivity index (χ4v) is 11.5. The summed E-state index contributed by atoms with van der Waals surface area (Å²) in [6.07, 6.45) is 0. The third-order valence-electron chi connectivity index (χ3n) is 13.4. The van der Waals surface area contributed by atoms with Crippen LogP contribution in [0.2, 0.25) is 0 Å². The maximum absolute atomic E-state index is 5.31. The number of rotatable bonds is 4. The molecular weight excluding hydrogens is 807 g/mol. The van der Waals surface area contributed by atoms with Crippen LogP contribution in [0.4, 0.5) is 0 Å². The van der Waals surface area contributed by atoms with Gasteiger partial charge in [-0.3, -0.25) is 0 Å². The number of pyridine rings is 3. The van der Waals surface area contributed by atoms with Gasteiger partial charge in [0.1, 0.15) is 0 Å². The average molecular weight is 842 g/mol. The van der Waals surface area contributed by atoms with Crippen LogP contribution in [0.25, 0.3) is 141 Å². The Morgan fingerprint density at radius 1 is 0.292 bits per heavy atom. The molecule has 0 fully saturated rings. The van der Waals surface area contributed by atoms with Crippen LogP contribution in [-0.2, 0) is 0 Å². The summed E-state index contributed by atoms with van der Waals surface area (Å²) in [6, 6.07) is 76.7. The summed E-state index contributed by atoms with van der Waals surface area (Å²) in [4.78, 5) is 15.8. The van der Waals surface area contributed by atoms with Crippen molar-refractivity contribution in [1.29, 1.82) is 0 Å². The van der Waals surface area contributed by atoms with Gasteiger partial charge in [-0.15, -0.1) is 11.3 Å². The number of fused-ring (bicyclic) bond motifs is 16. The number of hydrogen-bond acceptors (Lipinski definition) is 4. The highest BCUT2D eigenvalue weighted by molar-refractivity contribution is 7.26. The number of nitrogens with zero attached hydrogens (tertiary/aromatic N) is 3. The highest BCUT2D eigenvalue weighted by Crippen LogP contribution is 2.44. The van der Waals surface area contributed by atoms with E-state index in [-0.39, 0.29) is 0 Å². The molecule has 300 valence electrons. The predicted octanol–water partition coefficient (Wildman–Crippen LogP) is 17.0. The SMILES string of the molecule is c1ccc(-c2ccc3ccc4ccc(-c5ccc6c7ccc(-c8ccc(-c9nc%10ccccc%10c%10c9ccc9c%11ccccc%11sc9%10)cc8)cc7c7ccccc7c6c5)nc4c3n2)cc1. The van der Waals surface area contributed by atoms with Gasteiger partial charge in [0, 0.05) is 63.8 Å². The molecule has 65 heavy (non-hydrogen) atoms. The Bertz CT molecular complexity index is 4270. The summed E-state index contributed by atoms with van der Waals surface area (Å²) in [5.41, 5.74) is 11.4. The molecule has 4 aromatic heterocycles. The molecule has 4 heterocycles. The zero-order chi connectivity index (χ0) is 42.6. The van der Waals surface area contributed by atoms with E-state index in [1.165, 1.54) is 79.8 Å². The Morgan fingerprint density at radius 2 is 0.800 bits per heavy atom. The Kier molecular flexibility index (Phi) is 7.85. The van der Waals surface area contributed by atoms with Crippen molar-refractivity contribution in [3.8, 4) is 44.9 Å². The van der Waals surface area contributed by atoms with Gasteiger partial charge in [-0.05, 0) is 79.8 Å². The van der Waals surface area contributed by atoms with Crippen molar-refractivity contribution < 1.29 is 0 Å². The van der Waals surface area contributed by atoms with Crippen molar-refractivity contribution in [2.75, 3.05) is 0 Å². The van der Waals surface area contributed by atoms with E-state index in [9.17, 15) is 0 Å². The third-order valence-corrected chi connectivity index (χ3v) is 14.6. The molecule has 0 saturated carbocycles. The number of aromatic nitrogens is 3. The molecule has 0 atom stereocenters. The lowest BCUT2D eigenvalue weighted by Gasteiger charge is -2.14. The standard InChI is InChI=1S/C61H35N3S/c1-2-10-37(11-3-1)53-32-26-39-22-23-40-27-33-54(63-60(40)59(39)62-53)42-25-29-46-45-28-24-41(34-51(45)43-12-4-5-13-44(43)52(46)35-42)36-18-20-38(21-19-36)58-50-31-30-48-47-14-7-9-17-56(47)65-61(48)57(50)49-15-6-8-16-55(49)64-58/h1-35H. The van der Waals surface area contributed by atoms with Crippen molar-refractivity contribution in [3.63, 3.8) is 0 Å². The fourth-order valence-electron chi connectivity index (χ4n) is 10.3. The van der Waals surface area contributed by atoms with Gasteiger partial charge in [-0.2, -0.15) is 0 Å². The van der Waals surface area contributed by atoms with E-state index in [0.29, 0.717) is 0 Å². The van der Waals surface area contributed by atoms with Gasteiger partial charge in [0.05, 0.1) is 33.6 Å². The summed E-state index contributed by atoms with van der Waals surface area (Å²) in [5, 5.41) is 15.8. The van der Waals surface area contributed by atoms with Crippen LogP contribution in [0.5, 0.6) is 0 Å². The zero-order valence-corrected chi connectivity index (χ0v) is 35.8.